The summed E-state index contributed by atoms with van der Waals surface area (Å²) in [6.45, 7) is 12.7. The summed E-state index contributed by atoms with van der Waals surface area (Å²) < 4.78 is 0. The van der Waals surface area contributed by atoms with Gasteiger partial charge in [0, 0.05) is 12.2 Å². The SMILES string of the molecule is C=CCC1CC[C@@]2(C)C(CC[C@@H]3[C@@H]2CC[C@]2(C)C(=C(CO)NCCCCC)CC[C@@H]32)C1. The number of hydrogen-bond donors (Lipinski definition) is 2. The number of aliphatic hydroxyl groups excluding tert-OH is 1. The number of hydrogen-bond acceptors (Lipinski definition) is 2. The average Bonchev–Trinajstić information content (AvgIpc) is 3.11. The molecule has 0 aliphatic heterocycles. The molecular formula is C29H49NO. The first-order chi connectivity index (χ1) is 15.0. The van der Waals surface area contributed by atoms with Gasteiger partial charge in [0.25, 0.3) is 0 Å². The maximum atomic E-state index is 10.2. The van der Waals surface area contributed by atoms with Gasteiger partial charge in [-0.25, -0.2) is 0 Å². The van der Waals surface area contributed by atoms with Crippen molar-refractivity contribution in [3.05, 3.63) is 23.9 Å². The van der Waals surface area contributed by atoms with E-state index in [-0.39, 0.29) is 6.61 Å². The van der Waals surface area contributed by atoms with Crippen LogP contribution in [0.5, 0.6) is 0 Å². The van der Waals surface area contributed by atoms with Crippen LogP contribution in [0.1, 0.15) is 104 Å². The highest BCUT2D eigenvalue weighted by molar-refractivity contribution is 5.29. The molecule has 4 aliphatic rings. The maximum absolute atomic E-state index is 10.2. The van der Waals surface area contributed by atoms with Crippen molar-refractivity contribution in [2.75, 3.05) is 13.2 Å². The van der Waals surface area contributed by atoms with Crippen molar-refractivity contribution in [1.29, 1.82) is 0 Å². The van der Waals surface area contributed by atoms with Gasteiger partial charge in [-0.05, 0) is 117 Å². The van der Waals surface area contributed by atoms with Gasteiger partial charge in [0.2, 0.25) is 0 Å². The van der Waals surface area contributed by atoms with Crippen molar-refractivity contribution < 1.29 is 5.11 Å². The highest BCUT2D eigenvalue weighted by Crippen LogP contribution is 2.68. The highest BCUT2D eigenvalue weighted by Gasteiger charge is 2.59. The minimum Gasteiger partial charge on any atom is -0.390 e. The summed E-state index contributed by atoms with van der Waals surface area (Å²) in [5.74, 6) is 4.52. The Kier molecular flexibility index (Phi) is 7.26. The second kappa shape index (κ2) is 9.62. The predicted octanol–water partition coefficient (Wildman–Crippen LogP) is 7.25. The Hall–Kier alpha value is -0.760. The molecule has 0 spiro atoms. The molecule has 4 aliphatic carbocycles. The lowest BCUT2D eigenvalue weighted by atomic mass is 9.44. The van der Waals surface area contributed by atoms with Gasteiger partial charge >= 0.3 is 0 Å². The van der Waals surface area contributed by atoms with E-state index in [1.165, 1.54) is 89.2 Å². The fraction of sp³-hybridized carbons (Fsp3) is 0.862. The van der Waals surface area contributed by atoms with Gasteiger partial charge in [-0.1, -0.05) is 39.7 Å². The van der Waals surface area contributed by atoms with Crippen molar-refractivity contribution in [2.45, 2.75) is 104 Å². The monoisotopic (exact) mass is 427 g/mol. The molecule has 7 atom stereocenters. The van der Waals surface area contributed by atoms with Gasteiger partial charge in [0.15, 0.2) is 0 Å². The van der Waals surface area contributed by atoms with Crippen LogP contribution < -0.4 is 5.32 Å². The molecule has 0 amide bonds. The average molecular weight is 428 g/mol. The zero-order valence-corrected chi connectivity index (χ0v) is 20.7. The van der Waals surface area contributed by atoms with E-state index >= 15 is 0 Å². The van der Waals surface area contributed by atoms with Crippen LogP contribution in [0.3, 0.4) is 0 Å². The minimum absolute atomic E-state index is 0.197. The van der Waals surface area contributed by atoms with Crippen molar-refractivity contribution in [1.82, 2.24) is 5.32 Å². The number of nitrogens with one attached hydrogen (secondary N) is 1. The van der Waals surface area contributed by atoms with Gasteiger partial charge in [0.1, 0.15) is 0 Å². The molecule has 0 saturated heterocycles. The molecule has 0 aromatic heterocycles. The lowest BCUT2D eigenvalue weighted by Crippen LogP contribution is -2.53. The van der Waals surface area contributed by atoms with Crippen LogP contribution in [0, 0.1) is 40.4 Å². The second-order valence-electron chi connectivity index (χ2n) is 12.1. The smallest absolute Gasteiger partial charge is 0.0827 e. The molecule has 0 aromatic rings. The van der Waals surface area contributed by atoms with Crippen molar-refractivity contribution in [3.63, 3.8) is 0 Å². The van der Waals surface area contributed by atoms with Gasteiger partial charge in [-0.15, -0.1) is 6.58 Å². The Bertz CT molecular complexity index is 668. The Morgan fingerprint density at radius 1 is 1.10 bits per heavy atom. The third-order valence-electron chi connectivity index (χ3n) is 10.7. The first-order valence-corrected chi connectivity index (χ1v) is 13.7. The maximum Gasteiger partial charge on any atom is 0.0827 e. The van der Waals surface area contributed by atoms with Crippen LogP contribution in [0.25, 0.3) is 0 Å². The number of unbranched alkanes of at least 4 members (excludes halogenated alkanes) is 2. The zero-order chi connectivity index (χ0) is 22.1. The minimum atomic E-state index is 0.197. The standard InChI is InChI=1S/C29H49NO/c1-5-7-8-18-30-27(20-31)26-13-12-24-23-11-10-22-19-21(9-6-2)14-16-28(22,3)25(23)15-17-29(24,26)4/h6,21-25,30-31H,2,5,7-20H2,1,3-4H3/t21?,22?,23-,24-,25-,28-,29-/m0/s1. The van der Waals surface area contributed by atoms with Crippen LogP contribution in [-0.4, -0.2) is 18.3 Å². The fourth-order valence-corrected chi connectivity index (χ4v) is 8.98. The lowest BCUT2D eigenvalue weighted by Gasteiger charge is -2.61. The van der Waals surface area contributed by atoms with Crippen molar-refractivity contribution in [3.8, 4) is 0 Å². The van der Waals surface area contributed by atoms with Gasteiger partial charge in [-0.3, -0.25) is 0 Å². The summed E-state index contributed by atoms with van der Waals surface area (Å²) in [4.78, 5) is 0. The van der Waals surface area contributed by atoms with Crippen molar-refractivity contribution in [2.24, 2.45) is 40.4 Å². The molecule has 2 N–H and O–H groups in total. The molecule has 2 heteroatoms. The predicted molar refractivity (Wildman–Crippen MR) is 132 cm³/mol. The summed E-state index contributed by atoms with van der Waals surface area (Å²) in [7, 11) is 0. The van der Waals surface area contributed by atoms with Gasteiger partial charge in [-0.2, -0.15) is 0 Å². The largest absolute Gasteiger partial charge is 0.390 e. The molecule has 4 fully saturated rings. The third kappa shape index (κ3) is 4.16. The van der Waals surface area contributed by atoms with Crippen LogP contribution in [0.4, 0.5) is 0 Å². The molecule has 2 nitrogen and oxygen atoms in total. The van der Waals surface area contributed by atoms with E-state index in [2.05, 4.69) is 38.7 Å². The topological polar surface area (TPSA) is 32.3 Å². The summed E-state index contributed by atoms with van der Waals surface area (Å²) in [6.07, 6.45) is 19.7. The van der Waals surface area contributed by atoms with Gasteiger partial charge < -0.3 is 10.4 Å². The summed E-state index contributed by atoms with van der Waals surface area (Å²) in [5.41, 5.74) is 3.67. The van der Waals surface area contributed by atoms with E-state index in [1.807, 2.05) is 0 Å². The van der Waals surface area contributed by atoms with E-state index in [1.54, 1.807) is 5.57 Å². The van der Waals surface area contributed by atoms with Crippen molar-refractivity contribution >= 4 is 0 Å². The van der Waals surface area contributed by atoms with Crippen LogP contribution >= 0.6 is 0 Å². The summed E-state index contributed by atoms with van der Waals surface area (Å²) in [6, 6.07) is 0. The van der Waals surface area contributed by atoms with E-state index in [4.69, 9.17) is 0 Å². The van der Waals surface area contributed by atoms with E-state index < -0.39 is 0 Å². The zero-order valence-electron chi connectivity index (χ0n) is 20.7. The Morgan fingerprint density at radius 3 is 2.68 bits per heavy atom. The normalized spacial score (nSPS) is 43.5. The highest BCUT2D eigenvalue weighted by atomic mass is 16.3. The van der Waals surface area contributed by atoms with Crippen LogP contribution in [0.2, 0.25) is 0 Å². The molecule has 176 valence electrons. The van der Waals surface area contributed by atoms with Crippen LogP contribution in [-0.2, 0) is 0 Å². The van der Waals surface area contributed by atoms with Gasteiger partial charge in [0.05, 0.1) is 6.61 Å². The number of allylic oxidation sites excluding steroid dienone is 2. The summed E-state index contributed by atoms with van der Waals surface area (Å²) >= 11 is 0. The lowest BCUT2D eigenvalue weighted by molar-refractivity contribution is -0.106. The molecule has 0 radical (unpaired) electrons. The Morgan fingerprint density at radius 2 is 1.94 bits per heavy atom. The molecule has 2 unspecified atom stereocenters. The van der Waals surface area contributed by atoms with E-state index in [0.717, 1.165) is 36.1 Å². The molecule has 0 bridgehead atoms. The first-order valence-electron chi connectivity index (χ1n) is 13.7. The Balaban J connectivity index is 1.50. The number of rotatable bonds is 8. The Labute approximate surface area is 192 Å². The number of aliphatic hydroxyl groups is 1. The molecular weight excluding hydrogens is 378 g/mol. The van der Waals surface area contributed by atoms with E-state index in [0.29, 0.717) is 10.8 Å². The molecule has 4 rings (SSSR count). The first kappa shape index (κ1) is 23.4. The number of fused-ring (bicyclic) bond motifs is 5. The molecule has 0 aromatic carbocycles. The molecule has 0 heterocycles. The van der Waals surface area contributed by atoms with Crippen LogP contribution in [0.15, 0.2) is 23.9 Å². The second-order valence-corrected chi connectivity index (χ2v) is 12.1. The van der Waals surface area contributed by atoms with E-state index in [9.17, 15) is 5.11 Å². The summed E-state index contributed by atoms with van der Waals surface area (Å²) in [5, 5.41) is 13.9. The third-order valence-corrected chi connectivity index (χ3v) is 10.7. The molecule has 31 heavy (non-hydrogen) atoms. The quantitative estimate of drug-likeness (QED) is 0.316. The molecule has 4 saturated carbocycles. The fourth-order valence-electron chi connectivity index (χ4n) is 8.98.